The summed E-state index contributed by atoms with van der Waals surface area (Å²) in [5.74, 6) is 0.143. The summed E-state index contributed by atoms with van der Waals surface area (Å²) in [4.78, 5) is 18.0. The molecular weight excluding hydrogens is 311 g/mol. The van der Waals surface area contributed by atoms with E-state index in [4.69, 9.17) is 11.6 Å². The Labute approximate surface area is 131 Å². The van der Waals surface area contributed by atoms with Gasteiger partial charge in [0, 0.05) is 23.5 Å². The van der Waals surface area contributed by atoms with Crippen molar-refractivity contribution in [2.75, 3.05) is 12.3 Å². The van der Waals surface area contributed by atoms with Crippen molar-refractivity contribution in [3.05, 3.63) is 64.7 Å². The molecular formula is C15H12ClFN2OS. The number of benzene rings is 1. The number of aromatic nitrogens is 1. The fourth-order valence-corrected chi connectivity index (χ4v) is 3.66. The van der Waals surface area contributed by atoms with Crippen molar-refractivity contribution in [2.24, 2.45) is 0 Å². The fourth-order valence-electron chi connectivity index (χ4n) is 2.28. The van der Waals surface area contributed by atoms with E-state index in [9.17, 15) is 9.18 Å². The number of hydrogen-bond acceptors (Lipinski definition) is 3. The number of rotatable bonds is 2. The van der Waals surface area contributed by atoms with E-state index in [-0.39, 0.29) is 16.8 Å². The largest absolute Gasteiger partial charge is 0.322 e. The molecule has 1 atom stereocenters. The van der Waals surface area contributed by atoms with Crippen molar-refractivity contribution >= 4 is 29.3 Å². The normalized spacial score (nSPS) is 18.0. The van der Waals surface area contributed by atoms with Crippen LogP contribution in [-0.2, 0) is 0 Å². The first-order valence-corrected chi connectivity index (χ1v) is 7.86. The van der Waals surface area contributed by atoms with Gasteiger partial charge in [-0.3, -0.25) is 9.78 Å². The predicted molar refractivity (Wildman–Crippen MR) is 81.9 cm³/mol. The lowest BCUT2D eigenvalue weighted by Gasteiger charge is -2.24. The Morgan fingerprint density at radius 1 is 1.33 bits per heavy atom. The van der Waals surface area contributed by atoms with Gasteiger partial charge in [0.2, 0.25) is 0 Å². The Bertz CT molecular complexity index is 665. The zero-order valence-corrected chi connectivity index (χ0v) is 12.6. The van der Waals surface area contributed by atoms with Crippen molar-refractivity contribution in [3.8, 4) is 0 Å². The van der Waals surface area contributed by atoms with E-state index in [1.807, 2.05) is 24.3 Å². The van der Waals surface area contributed by atoms with E-state index in [0.29, 0.717) is 11.6 Å². The molecule has 21 heavy (non-hydrogen) atoms. The molecule has 0 spiro atoms. The number of amides is 1. The van der Waals surface area contributed by atoms with Gasteiger partial charge in [-0.05, 0) is 23.8 Å². The number of carbonyl (C=O) groups excluding carboxylic acids is 1. The smallest absolute Gasteiger partial charge is 0.256 e. The first kappa shape index (κ1) is 14.4. The maximum Gasteiger partial charge on any atom is 0.256 e. The zero-order chi connectivity index (χ0) is 14.8. The minimum atomic E-state index is -0.504. The summed E-state index contributed by atoms with van der Waals surface area (Å²) in [7, 11) is 0. The second-order valence-corrected chi connectivity index (χ2v) is 6.29. The molecule has 1 aromatic carbocycles. The molecule has 2 aromatic rings. The van der Waals surface area contributed by atoms with Crippen LogP contribution in [-0.4, -0.2) is 28.1 Å². The number of thioether (sulfide) groups is 1. The summed E-state index contributed by atoms with van der Waals surface area (Å²) in [5, 5.41) is 0.590. The summed E-state index contributed by atoms with van der Waals surface area (Å²) in [6.07, 6.45) is 2.49. The van der Waals surface area contributed by atoms with Crippen molar-refractivity contribution in [1.82, 2.24) is 9.88 Å². The minimum absolute atomic E-state index is 0.0713. The Morgan fingerprint density at radius 2 is 2.10 bits per heavy atom. The zero-order valence-electron chi connectivity index (χ0n) is 11.0. The average molecular weight is 323 g/mol. The molecule has 108 valence electrons. The topological polar surface area (TPSA) is 33.2 Å². The van der Waals surface area contributed by atoms with Crippen LogP contribution in [0.25, 0.3) is 0 Å². The lowest BCUT2D eigenvalue weighted by molar-refractivity contribution is 0.0759. The quantitative estimate of drug-likeness (QED) is 0.844. The maximum absolute atomic E-state index is 13.2. The Balaban J connectivity index is 1.87. The predicted octanol–water partition coefficient (Wildman–Crippen LogP) is 3.76. The molecule has 1 unspecified atom stereocenters. The van der Waals surface area contributed by atoms with E-state index < -0.39 is 5.82 Å². The number of halogens is 2. The summed E-state index contributed by atoms with van der Waals surface area (Å²) >= 11 is 7.58. The van der Waals surface area contributed by atoms with Crippen LogP contribution in [0.15, 0.2) is 42.7 Å². The van der Waals surface area contributed by atoms with Gasteiger partial charge in [0.25, 0.3) is 5.91 Å². The second kappa shape index (κ2) is 6.03. The van der Waals surface area contributed by atoms with Crippen LogP contribution in [0.3, 0.4) is 0 Å². The van der Waals surface area contributed by atoms with Crippen LogP contribution >= 0.6 is 23.4 Å². The minimum Gasteiger partial charge on any atom is -0.322 e. The number of carbonyl (C=O) groups is 1. The van der Waals surface area contributed by atoms with Gasteiger partial charge in [0.15, 0.2) is 0 Å². The number of hydrogen-bond donors (Lipinski definition) is 0. The van der Waals surface area contributed by atoms with Crippen LogP contribution in [0.2, 0.25) is 5.02 Å². The molecule has 1 aliphatic rings. The highest BCUT2D eigenvalue weighted by molar-refractivity contribution is 7.99. The third-order valence-corrected chi connectivity index (χ3v) is 4.77. The molecule has 1 aliphatic heterocycles. The molecule has 1 aromatic heterocycles. The van der Waals surface area contributed by atoms with Crippen molar-refractivity contribution in [3.63, 3.8) is 0 Å². The van der Waals surface area contributed by atoms with Gasteiger partial charge in [0.1, 0.15) is 11.2 Å². The van der Waals surface area contributed by atoms with Crippen LogP contribution < -0.4 is 0 Å². The standard InChI is InChI=1S/C15H12ClFN2OS/c16-12-3-1-10(2-4-12)15-19(5-6-21-15)14(20)11-7-13(17)9-18-8-11/h1-4,7-9,15H,5-6H2. The van der Waals surface area contributed by atoms with E-state index in [1.165, 1.54) is 12.3 Å². The highest BCUT2D eigenvalue weighted by Gasteiger charge is 2.31. The summed E-state index contributed by atoms with van der Waals surface area (Å²) < 4.78 is 13.2. The SMILES string of the molecule is O=C(c1cncc(F)c1)N1CCSC1c1ccc(Cl)cc1. The molecule has 2 heterocycles. The molecule has 6 heteroatoms. The Hall–Kier alpha value is -1.59. The highest BCUT2D eigenvalue weighted by Crippen LogP contribution is 2.38. The van der Waals surface area contributed by atoms with Gasteiger partial charge in [-0.2, -0.15) is 0 Å². The van der Waals surface area contributed by atoms with Crippen LogP contribution in [0, 0.1) is 5.82 Å². The van der Waals surface area contributed by atoms with Gasteiger partial charge in [-0.1, -0.05) is 23.7 Å². The number of pyridine rings is 1. The molecule has 3 nitrogen and oxygen atoms in total. The summed E-state index contributed by atoms with van der Waals surface area (Å²) in [5.41, 5.74) is 1.29. The lowest BCUT2D eigenvalue weighted by Crippen LogP contribution is -2.30. The molecule has 1 saturated heterocycles. The van der Waals surface area contributed by atoms with Gasteiger partial charge >= 0.3 is 0 Å². The molecule has 0 N–H and O–H groups in total. The van der Waals surface area contributed by atoms with Crippen LogP contribution in [0.5, 0.6) is 0 Å². The van der Waals surface area contributed by atoms with Gasteiger partial charge < -0.3 is 4.90 Å². The molecule has 0 saturated carbocycles. The molecule has 1 fully saturated rings. The average Bonchev–Trinajstić information content (AvgIpc) is 2.96. The van der Waals surface area contributed by atoms with E-state index >= 15 is 0 Å². The van der Waals surface area contributed by atoms with Crippen LogP contribution in [0.4, 0.5) is 4.39 Å². The number of nitrogens with zero attached hydrogens (tertiary/aromatic N) is 2. The maximum atomic E-state index is 13.2. The first-order chi connectivity index (χ1) is 10.1. The molecule has 0 radical (unpaired) electrons. The van der Waals surface area contributed by atoms with E-state index in [0.717, 1.165) is 17.5 Å². The first-order valence-electron chi connectivity index (χ1n) is 6.44. The summed E-state index contributed by atoms with van der Waals surface area (Å²) in [6, 6.07) is 8.66. The Kier molecular flexibility index (Phi) is 4.12. The van der Waals surface area contributed by atoms with Crippen LogP contribution in [0.1, 0.15) is 21.3 Å². The monoisotopic (exact) mass is 322 g/mol. The van der Waals surface area contributed by atoms with Gasteiger partial charge in [-0.15, -0.1) is 11.8 Å². The fraction of sp³-hybridized carbons (Fsp3) is 0.200. The Morgan fingerprint density at radius 3 is 2.81 bits per heavy atom. The molecule has 1 amide bonds. The van der Waals surface area contributed by atoms with Gasteiger partial charge in [-0.25, -0.2) is 4.39 Å². The summed E-state index contributed by atoms with van der Waals surface area (Å²) in [6.45, 7) is 0.632. The van der Waals surface area contributed by atoms with Crippen molar-refractivity contribution in [1.29, 1.82) is 0 Å². The van der Waals surface area contributed by atoms with E-state index in [1.54, 1.807) is 16.7 Å². The third-order valence-electron chi connectivity index (χ3n) is 3.26. The molecule has 0 bridgehead atoms. The highest BCUT2D eigenvalue weighted by atomic mass is 35.5. The van der Waals surface area contributed by atoms with Crippen molar-refractivity contribution < 1.29 is 9.18 Å². The van der Waals surface area contributed by atoms with E-state index in [2.05, 4.69) is 4.98 Å². The molecule has 0 aliphatic carbocycles. The third kappa shape index (κ3) is 3.04. The van der Waals surface area contributed by atoms with Gasteiger partial charge in [0.05, 0.1) is 11.8 Å². The molecule has 3 rings (SSSR count). The lowest BCUT2D eigenvalue weighted by atomic mass is 10.2. The van der Waals surface area contributed by atoms with Crippen molar-refractivity contribution in [2.45, 2.75) is 5.37 Å². The second-order valence-electron chi connectivity index (χ2n) is 4.67.